The third-order valence-electron chi connectivity index (χ3n) is 2.22. The first kappa shape index (κ1) is 14.9. The summed E-state index contributed by atoms with van der Waals surface area (Å²) in [4.78, 5) is 0. The monoisotopic (exact) mass is 236 g/mol. The molecule has 92 valence electrons. The van der Waals surface area contributed by atoms with E-state index in [9.17, 15) is 8.42 Å². The van der Waals surface area contributed by atoms with Crippen LogP contribution < -0.4 is 5.73 Å². The molecule has 5 heteroatoms. The molecule has 0 atom stereocenters. The molecule has 0 radical (unpaired) electrons. The number of nitrogens with zero attached hydrogens (tertiary/aromatic N) is 1. The van der Waals surface area contributed by atoms with Crippen LogP contribution in [-0.2, 0) is 10.0 Å². The second-order valence-corrected chi connectivity index (χ2v) is 7.42. The van der Waals surface area contributed by atoms with Gasteiger partial charge in [-0.1, -0.05) is 27.7 Å². The highest BCUT2D eigenvalue weighted by molar-refractivity contribution is 7.89. The van der Waals surface area contributed by atoms with Crippen molar-refractivity contribution in [2.24, 2.45) is 17.1 Å². The fourth-order valence-corrected chi connectivity index (χ4v) is 2.96. The molecule has 15 heavy (non-hydrogen) atoms. The van der Waals surface area contributed by atoms with Crippen molar-refractivity contribution >= 4 is 10.0 Å². The Morgan fingerprint density at radius 2 is 1.80 bits per heavy atom. The van der Waals surface area contributed by atoms with Crippen molar-refractivity contribution in [1.29, 1.82) is 0 Å². The molecule has 0 aromatic heterocycles. The summed E-state index contributed by atoms with van der Waals surface area (Å²) < 4.78 is 25.1. The van der Waals surface area contributed by atoms with Gasteiger partial charge in [0, 0.05) is 13.6 Å². The van der Waals surface area contributed by atoms with Gasteiger partial charge in [-0.25, -0.2) is 12.7 Å². The molecule has 2 N–H and O–H groups in total. The number of hydrogen-bond acceptors (Lipinski definition) is 3. The first-order valence-electron chi connectivity index (χ1n) is 5.25. The van der Waals surface area contributed by atoms with E-state index in [1.165, 1.54) is 4.31 Å². The molecule has 0 aliphatic rings. The van der Waals surface area contributed by atoms with Crippen LogP contribution >= 0.6 is 0 Å². The third kappa shape index (κ3) is 5.49. The lowest BCUT2D eigenvalue weighted by molar-refractivity contribution is 0.291. The van der Waals surface area contributed by atoms with Crippen molar-refractivity contribution < 1.29 is 8.42 Å². The van der Waals surface area contributed by atoms with E-state index in [0.29, 0.717) is 13.1 Å². The van der Waals surface area contributed by atoms with E-state index in [1.54, 1.807) is 7.05 Å². The Kier molecular flexibility index (Phi) is 5.23. The van der Waals surface area contributed by atoms with Gasteiger partial charge in [0.15, 0.2) is 0 Å². The van der Waals surface area contributed by atoms with Crippen LogP contribution in [0.15, 0.2) is 0 Å². The molecule has 0 rings (SSSR count). The van der Waals surface area contributed by atoms with Gasteiger partial charge in [-0.05, 0) is 17.9 Å². The lowest BCUT2D eigenvalue weighted by Gasteiger charge is -2.28. The van der Waals surface area contributed by atoms with Crippen LogP contribution in [0.4, 0.5) is 0 Å². The average molecular weight is 236 g/mol. The molecule has 0 fully saturated rings. The lowest BCUT2D eigenvalue weighted by atomic mass is 9.94. The lowest BCUT2D eigenvalue weighted by Crippen LogP contribution is -2.41. The zero-order chi connectivity index (χ0) is 12.3. The molecule has 0 aromatic rings. The van der Waals surface area contributed by atoms with Gasteiger partial charge in [0.2, 0.25) is 10.0 Å². The Bertz CT molecular complexity index is 284. The van der Waals surface area contributed by atoms with Crippen molar-refractivity contribution in [2.75, 3.05) is 25.9 Å². The summed E-state index contributed by atoms with van der Waals surface area (Å²) in [5.74, 6) is 0.350. The third-order valence-corrected chi connectivity index (χ3v) is 4.39. The molecule has 0 unspecified atom stereocenters. The maximum Gasteiger partial charge on any atom is 0.214 e. The van der Waals surface area contributed by atoms with Crippen molar-refractivity contribution in [3.05, 3.63) is 0 Å². The van der Waals surface area contributed by atoms with E-state index < -0.39 is 10.0 Å². The second kappa shape index (κ2) is 5.27. The molecule has 0 spiro atoms. The molecular weight excluding hydrogens is 212 g/mol. The highest BCUT2D eigenvalue weighted by atomic mass is 32.2. The summed E-state index contributed by atoms with van der Waals surface area (Å²) in [6.45, 7) is 8.69. The molecule has 0 bridgehead atoms. The quantitative estimate of drug-likeness (QED) is 0.745. The van der Waals surface area contributed by atoms with Crippen molar-refractivity contribution in [1.82, 2.24) is 4.31 Å². The predicted octanol–water partition coefficient (Wildman–Crippen LogP) is 0.889. The zero-order valence-electron chi connectivity index (χ0n) is 10.4. The van der Waals surface area contributed by atoms with Crippen LogP contribution in [0.1, 0.15) is 27.7 Å². The van der Waals surface area contributed by atoms with Gasteiger partial charge in [0.25, 0.3) is 0 Å². The summed E-state index contributed by atoms with van der Waals surface area (Å²) in [5, 5.41) is 0. The maximum atomic E-state index is 11.8. The first-order valence-corrected chi connectivity index (χ1v) is 6.86. The number of rotatable bonds is 6. The van der Waals surface area contributed by atoms with E-state index in [-0.39, 0.29) is 17.1 Å². The number of hydrogen-bond donors (Lipinski definition) is 1. The Hall–Kier alpha value is -0.130. The highest BCUT2D eigenvalue weighted by Crippen LogP contribution is 2.17. The Morgan fingerprint density at radius 1 is 1.33 bits per heavy atom. The minimum Gasteiger partial charge on any atom is -0.330 e. The van der Waals surface area contributed by atoms with Gasteiger partial charge in [0.1, 0.15) is 0 Å². The fraction of sp³-hybridized carbons (Fsp3) is 1.00. The topological polar surface area (TPSA) is 63.4 Å². The van der Waals surface area contributed by atoms with Crippen molar-refractivity contribution in [3.63, 3.8) is 0 Å². The summed E-state index contributed by atoms with van der Waals surface area (Å²) >= 11 is 0. The Labute approximate surface area is 93.9 Å². The molecule has 0 saturated heterocycles. The maximum absolute atomic E-state index is 11.8. The normalized spacial score (nSPS) is 13.9. The number of nitrogens with two attached hydrogens (primary N) is 1. The summed E-state index contributed by atoms with van der Waals surface area (Å²) in [6.07, 6.45) is 0. The molecule has 0 aromatic carbocycles. The van der Waals surface area contributed by atoms with Crippen LogP contribution in [-0.4, -0.2) is 38.6 Å². The van der Waals surface area contributed by atoms with Crippen LogP contribution in [0.3, 0.4) is 0 Å². The summed E-state index contributed by atoms with van der Waals surface area (Å²) in [6, 6.07) is 0. The van der Waals surface area contributed by atoms with Gasteiger partial charge in [0.05, 0.1) is 5.75 Å². The van der Waals surface area contributed by atoms with Gasteiger partial charge in [-0.15, -0.1) is 0 Å². The SMILES string of the molecule is CC(C)CS(=O)(=O)N(C)CC(C)(C)CN. The van der Waals surface area contributed by atoms with Crippen LogP contribution in [0.2, 0.25) is 0 Å². The summed E-state index contributed by atoms with van der Waals surface area (Å²) in [7, 11) is -1.50. The van der Waals surface area contributed by atoms with Crippen molar-refractivity contribution in [3.8, 4) is 0 Å². The molecule has 0 aliphatic heterocycles. The molecule has 0 amide bonds. The number of sulfonamides is 1. The Balaban J connectivity index is 4.51. The van der Waals surface area contributed by atoms with E-state index in [4.69, 9.17) is 5.73 Å². The molecule has 4 nitrogen and oxygen atoms in total. The smallest absolute Gasteiger partial charge is 0.214 e. The average Bonchev–Trinajstić information content (AvgIpc) is 2.01. The Morgan fingerprint density at radius 3 is 2.13 bits per heavy atom. The van der Waals surface area contributed by atoms with E-state index >= 15 is 0 Å². The van der Waals surface area contributed by atoms with Crippen LogP contribution in [0.5, 0.6) is 0 Å². The minimum atomic E-state index is -3.13. The highest BCUT2D eigenvalue weighted by Gasteiger charge is 2.26. The predicted molar refractivity (Wildman–Crippen MR) is 64.1 cm³/mol. The van der Waals surface area contributed by atoms with Crippen LogP contribution in [0, 0.1) is 11.3 Å². The minimum absolute atomic E-state index is 0.151. The van der Waals surface area contributed by atoms with Crippen LogP contribution in [0.25, 0.3) is 0 Å². The van der Waals surface area contributed by atoms with Gasteiger partial charge in [-0.3, -0.25) is 0 Å². The van der Waals surface area contributed by atoms with Gasteiger partial charge >= 0.3 is 0 Å². The second-order valence-electron chi connectivity index (χ2n) is 5.30. The standard InChI is InChI=1S/C10H24N2O2S/c1-9(2)6-15(13,14)12(5)8-10(3,4)7-11/h9H,6-8,11H2,1-5H3. The molecule has 0 saturated carbocycles. The van der Waals surface area contributed by atoms with E-state index in [1.807, 2.05) is 27.7 Å². The zero-order valence-corrected chi connectivity index (χ0v) is 11.3. The fourth-order valence-electron chi connectivity index (χ4n) is 1.31. The molecule has 0 aliphatic carbocycles. The van der Waals surface area contributed by atoms with Gasteiger partial charge in [-0.2, -0.15) is 0 Å². The summed E-state index contributed by atoms with van der Waals surface area (Å²) in [5.41, 5.74) is 5.41. The van der Waals surface area contributed by atoms with Crippen molar-refractivity contribution in [2.45, 2.75) is 27.7 Å². The molecular formula is C10H24N2O2S. The van der Waals surface area contributed by atoms with E-state index in [0.717, 1.165) is 0 Å². The van der Waals surface area contributed by atoms with E-state index in [2.05, 4.69) is 0 Å². The molecule has 0 heterocycles. The first-order chi connectivity index (χ1) is 6.60. The largest absolute Gasteiger partial charge is 0.330 e. The van der Waals surface area contributed by atoms with Gasteiger partial charge < -0.3 is 5.73 Å².